The van der Waals surface area contributed by atoms with Crippen LogP contribution >= 0.6 is 7.75 Å². The van der Waals surface area contributed by atoms with Crippen LogP contribution < -0.4 is 15.1 Å². The number of anilines is 2. The monoisotopic (exact) mass is 508 g/mol. The Morgan fingerprint density at radius 1 is 1.21 bits per heavy atom. The standard InChI is InChI=1S/C19H24F3N4O7P/c1-30-18(27)23-9-13-10-25(19(28)33-13)12-7-14(20)17(15(21)8-12)24-3-4-26(16(22)11-24)34(29)31-5-2-6-32-34/h7-8,13,16H,2-6,9-11H2,1H3,(H,23,27). The number of piperazine rings is 1. The topological polar surface area (TPSA) is 110 Å². The average molecular weight is 508 g/mol. The van der Waals surface area contributed by atoms with Crippen LogP contribution in [0, 0.1) is 11.6 Å². The highest BCUT2D eigenvalue weighted by Gasteiger charge is 2.44. The highest BCUT2D eigenvalue weighted by atomic mass is 31.2. The molecule has 188 valence electrons. The van der Waals surface area contributed by atoms with E-state index in [0.29, 0.717) is 6.42 Å². The van der Waals surface area contributed by atoms with Crippen LogP contribution in [0.3, 0.4) is 0 Å². The van der Waals surface area contributed by atoms with Crippen LogP contribution in [0.25, 0.3) is 0 Å². The van der Waals surface area contributed by atoms with Crippen molar-refractivity contribution in [3.05, 3.63) is 23.8 Å². The molecule has 11 nitrogen and oxygen atoms in total. The Hall–Kier alpha value is -2.54. The number of nitrogens with one attached hydrogen (secondary N) is 1. The molecule has 3 aliphatic heterocycles. The minimum absolute atomic E-state index is 0.0304. The van der Waals surface area contributed by atoms with Gasteiger partial charge >= 0.3 is 19.9 Å². The summed E-state index contributed by atoms with van der Waals surface area (Å²) in [5.41, 5.74) is -0.556. The molecule has 0 spiro atoms. The number of cyclic esters (lactones) is 1. The van der Waals surface area contributed by atoms with Gasteiger partial charge in [-0.25, -0.2) is 27.3 Å². The molecular weight excluding hydrogens is 484 g/mol. The van der Waals surface area contributed by atoms with Gasteiger partial charge in [0.15, 0.2) is 17.9 Å². The number of hydrogen-bond acceptors (Lipinski definition) is 8. The average Bonchev–Trinajstić information content (AvgIpc) is 3.18. The van der Waals surface area contributed by atoms with Crippen LogP contribution in [0.5, 0.6) is 0 Å². The van der Waals surface area contributed by atoms with Crippen LogP contribution in [0.2, 0.25) is 0 Å². The number of rotatable bonds is 5. The second-order valence-electron chi connectivity index (χ2n) is 7.78. The highest BCUT2D eigenvalue weighted by Crippen LogP contribution is 2.56. The van der Waals surface area contributed by atoms with Gasteiger partial charge in [0.1, 0.15) is 11.8 Å². The zero-order valence-electron chi connectivity index (χ0n) is 18.2. The second kappa shape index (κ2) is 9.98. The van der Waals surface area contributed by atoms with Crippen molar-refractivity contribution in [2.45, 2.75) is 18.8 Å². The molecule has 2 amide bonds. The molecule has 0 bridgehead atoms. The number of halogens is 3. The van der Waals surface area contributed by atoms with Crippen molar-refractivity contribution in [3.8, 4) is 0 Å². The van der Waals surface area contributed by atoms with Crippen molar-refractivity contribution in [1.82, 2.24) is 9.99 Å². The van der Waals surface area contributed by atoms with Crippen LogP contribution in [-0.2, 0) is 23.1 Å². The van der Waals surface area contributed by atoms with E-state index in [1.54, 1.807) is 0 Å². The first-order valence-electron chi connectivity index (χ1n) is 10.6. The number of nitrogens with zero attached hydrogens (tertiary/aromatic N) is 3. The van der Waals surface area contributed by atoms with E-state index in [-0.39, 0.29) is 45.1 Å². The molecule has 0 aromatic heterocycles. The van der Waals surface area contributed by atoms with Gasteiger partial charge in [0.25, 0.3) is 0 Å². The van der Waals surface area contributed by atoms with Crippen molar-refractivity contribution in [1.29, 1.82) is 0 Å². The molecule has 0 aliphatic carbocycles. The molecule has 2 unspecified atom stereocenters. The Labute approximate surface area is 193 Å². The van der Waals surface area contributed by atoms with Crippen LogP contribution in [0.4, 0.5) is 34.1 Å². The molecule has 3 fully saturated rings. The van der Waals surface area contributed by atoms with E-state index in [0.717, 1.165) is 26.6 Å². The number of hydrogen-bond donors (Lipinski definition) is 1. The van der Waals surface area contributed by atoms with E-state index in [1.807, 2.05) is 0 Å². The number of benzene rings is 1. The molecule has 2 atom stereocenters. The smallest absolute Gasteiger partial charge is 0.414 e. The Kier molecular flexibility index (Phi) is 7.22. The molecule has 1 aromatic carbocycles. The SMILES string of the molecule is COC(=O)NCC1CN(c2cc(F)c(N3CCN(P4(=O)OCCCO4)C(F)C3)c(F)c2)C(=O)O1. The molecule has 3 aliphatic rings. The van der Waals surface area contributed by atoms with Crippen molar-refractivity contribution in [2.75, 3.05) is 62.8 Å². The maximum absolute atomic E-state index is 15.0. The fourth-order valence-electron chi connectivity index (χ4n) is 3.93. The predicted molar refractivity (Wildman–Crippen MR) is 112 cm³/mol. The molecular formula is C19H24F3N4O7P. The number of alkyl carbamates (subject to hydrolysis) is 1. The minimum Gasteiger partial charge on any atom is -0.453 e. The Morgan fingerprint density at radius 3 is 2.50 bits per heavy atom. The minimum atomic E-state index is -3.78. The molecule has 0 saturated carbocycles. The first-order chi connectivity index (χ1) is 16.2. The zero-order valence-corrected chi connectivity index (χ0v) is 19.1. The fourth-order valence-corrected chi connectivity index (χ4v) is 5.74. The third kappa shape index (κ3) is 4.95. The van der Waals surface area contributed by atoms with Gasteiger partial charge in [0, 0.05) is 25.2 Å². The normalized spacial score (nSPS) is 25.2. The lowest BCUT2D eigenvalue weighted by Gasteiger charge is -2.41. The molecule has 34 heavy (non-hydrogen) atoms. The van der Waals surface area contributed by atoms with Crippen LogP contribution in [0.1, 0.15) is 6.42 Å². The van der Waals surface area contributed by atoms with E-state index in [1.165, 1.54) is 7.11 Å². The zero-order chi connectivity index (χ0) is 24.5. The van der Waals surface area contributed by atoms with Crippen molar-refractivity contribution >= 4 is 31.3 Å². The number of ether oxygens (including phenoxy) is 2. The summed E-state index contributed by atoms with van der Waals surface area (Å²) in [7, 11) is -2.61. The largest absolute Gasteiger partial charge is 0.453 e. The number of carbonyl (C=O) groups is 2. The van der Waals surface area contributed by atoms with Gasteiger partial charge in [0.05, 0.1) is 45.6 Å². The Bertz CT molecular complexity index is 970. The first kappa shape index (κ1) is 24.6. The van der Waals surface area contributed by atoms with Crippen molar-refractivity contribution in [3.63, 3.8) is 0 Å². The summed E-state index contributed by atoms with van der Waals surface area (Å²) in [6.45, 7) is -0.374. The van der Waals surface area contributed by atoms with Crippen LogP contribution in [-0.4, -0.2) is 82.3 Å². The lowest BCUT2D eigenvalue weighted by Crippen LogP contribution is -2.51. The number of alkyl halides is 1. The number of methoxy groups -OCH3 is 1. The quantitative estimate of drug-likeness (QED) is 0.474. The van der Waals surface area contributed by atoms with Crippen molar-refractivity contribution < 1.29 is 45.8 Å². The van der Waals surface area contributed by atoms with Gasteiger partial charge in [-0.15, -0.1) is 0 Å². The maximum atomic E-state index is 15.0. The molecule has 15 heteroatoms. The van der Waals surface area contributed by atoms with Gasteiger partial charge in [-0.1, -0.05) is 0 Å². The van der Waals surface area contributed by atoms with Gasteiger partial charge in [-0.05, 0) is 6.42 Å². The highest BCUT2D eigenvalue weighted by molar-refractivity contribution is 7.51. The maximum Gasteiger partial charge on any atom is 0.414 e. The summed E-state index contributed by atoms with van der Waals surface area (Å²) >= 11 is 0. The molecule has 1 N–H and O–H groups in total. The van der Waals surface area contributed by atoms with E-state index in [2.05, 4.69) is 10.1 Å². The summed E-state index contributed by atoms with van der Waals surface area (Å²) in [6, 6.07) is 1.90. The summed E-state index contributed by atoms with van der Waals surface area (Å²) in [4.78, 5) is 25.5. The van der Waals surface area contributed by atoms with E-state index in [4.69, 9.17) is 13.8 Å². The number of amides is 2. The van der Waals surface area contributed by atoms with Gasteiger partial charge in [-0.3, -0.25) is 13.9 Å². The summed E-state index contributed by atoms with van der Waals surface area (Å²) in [5, 5.41) is 2.38. The first-order valence-corrected chi connectivity index (χ1v) is 12.1. The molecule has 3 saturated heterocycles. The molecule has 3 heterocycles. The lowest BCUT2D eigenvalue weighted by molar-refractivity contribution is 0.0588. The van der Waals surface area contributed by atoms with Crippen molar-refractivity contribution in [2.24, 2.45) is 0 Å². The van der Waals surface area contributed by atoms with Gasteiger partial charge < -0.3 is 19.7 Å². The third-order valence-corrected chi connectivity index (χ3v) is 7.67. The second-order valence-corrected chi connectivity index (χ2v) is 9.75. The molecule has 0 radical (unpaired) electrons. The fraction of sp³-hybridized carbons (Fsp3) is 0.579. The molecule has 4 rings (SSSR count). The Balaban J connectivity index is 1.45. The predicted octanol–water partition coefficient (Wildman–Crippen LogP) is 2.61. The third-order valence-electron chi connectivity index (χ3n) is 5.57. The van der Waals surface area contributed by atoms with Gasteiger partial charge in [-0.2, -0.15) is 4.67 Å². The number of carbonyl (C=O) groups excluding carboxylic acids is 2. The van der Waals surface area contributed by atoms with E-state index < -0.39 is 56.2 Å². The van der Waals surface area contributed by atoms with E-state index >= 15 is 0 Å². The Morgan fingerprint density at radius 2 is 1.88 bits per heavy atom. The van der Waals surface area contributed by atoms with Gasteiger partial charge in [0.2, 0.25) is 0 Å². The summed E-state index contributed by atoms with van der Waals surface area (Å²) < 4.78 is 78.3. The van der Waals surface area contributed by atoms with Crippen LogP contribution in [0.15, 0.2) is 12.1 Å². The summed E-state index contributed by atoms with van der Waals surface area (Å²) in [6.07, 6.45) is -3.60. The lowest BCUT2D eigenvalue weighted by atomic mass is 10.2. The van der Waals surface area contributed by atoms with E-state index in [9.17, 15) is 27.3 Å². The summed E-state index contributed by atoms with van der Waals surface area (Å²) in [5.74, 6) is -2.01. The molecule has 1 aromatic rings.